The lowest BCUT2D eigenvalue weighted by Gasteiger charge is -2.10. The summed E-state index contributed by atoms with van der Waals surface area (Å²) in [4.78, 5) is 11.3. The fraction of sp³-hybridized carbons (Fsp3) is 0.364. The molecule has 0 aliphatic rings. The van der Waals surface area contributed by atoms with Crippen LogP contribution in [0.5, 0.6) is 5.75 Å². The minimum atomic E-state index is -0.726. The van der Waals surface area contributed by atoms with Crippen molar-refractivity contribution in [1.29, 1.82) is 0 Å². The highest BCUT2D eigenvalue weighted by Gasteiger charge is 2.19. The minimum Gasteiger partial charge on any atom is -0.493 e. The van der Waals surface area contributed by atoms with E-state index in [2.05, 4.69) is 4.74 Å². The van der Waals surface area contributed by atoms with Crippen molar-refractivity contribution in [2.24, 2.45) is 0 Å². The molecule has 4 heteroatoms. The van der Waals surface area contributed by atoms with Crippen molar-refractivity contribution in [1.82, 2.24) is 0 Å². The standard InChI is InChI=1S/C11H13FO3/c1-4-15-9-6-7(2)5-8(12)10(9)11(13)14-3/h5-6H,4H2,1-3H3. The molecule has 0 N–H and O–H groups in total. The van der Waals surface area contributed by atoms with Crippen LogP contribution in [-0.4, -0.2) is 19.7 Å². The summed E-state index contributed by atoms with van der Waals surface area (Å²) < 4.78 is 23.2. The normalized spacial score (nSPS) is 9.87. The van der Waals surface area contributed by atoms with E-state index in [0.717, 1.165) is 0 Å². The van der Waals surface area contributed by atoms with Crippen LogP contribution in [0, 0.1) is 12.7 Å². The van der Waals surface area contributed by atoms with Crippen LogP contribution in [-0.2, 0) is 4.74 Å². The number of halogens is 1. The molecular weight excluding hydrogens is 199 g/mol. The van der Waals surface area contributed by atoms with Crippen molar-refractivity contribution >= 4 is 5.97 Å². The first-order valence-electron chi connectivity index (χ1n) is 4.61. The molecule has 0 amide bonds. The molecule has 0 aromatic heterocycles. The van der Waals surface area contributed by atoms with Gasteiger partial charge >= 0.3 is 5.97 Å². The predicted octanol–water partition coefficient (Wildman–Crippen LogP) is 2.32. The third kappa shape index (κ3) is 2.46. The van der Waals surface area contributed by atoms with Crippen molar-refractivity contribution < 1.29 is 18.7 Å². The second-order valence-electron chi connectivity index (χ2n) is 3.04. The Hall–Kier alpha value is -1.58. The Morgan fingerprint density at radius 1 is 1.47 bits per heavy atom. The lowest BCUT2D eigenvalue weighted by Crippen LogP contribution is -2.08. The van der Waals surface area contributed by atoms with Gasteiger partial charge < -0.3 is 9.47 Å². The first-order chi connectivity index (χ1) is 7.10. The third-order valence-corrected chi connectivity index (χ3v) is 1.89. The smallest absolute Gasteiger partial charge is 0.344 e. The molecule has 82 valence electrons. The lowest BCUT2D eigenvalue weighted by molar-refractivity contribution is 0.0590. The summed E-state index contributed by atoms with van der Waals surface area (Å²) in [7, 11) is 1.21. The van der Waals surface area contributed by atoms with Crippen molar-refractivity contribution in [2.45, 2.75) is 13.8 Å². The molecule has 15 heavy (non-hydrogen) atoms. The van der Waals surface area contributed by atoms with Crippen molar-refractivity contribution in [3.8, 4) is 5.75 Å². The Morgan fingerprint density at radius 3 is 2.67 bits per heavy atom. The average molecular weight is 212 g/mol. The van der Waals surface area contributed by atoms with E-state index >= 15 is 0 Å². The maximum absolute atomic E-state index is 13.5. The summed E-state index contributed by atoms with van der Waals surface area (Å²) in [5.41, 5.74) is 0.550. The monoisotopic (exact) mass is 212 g/mol. The number of benzene rings is 1. The van der Waals surface area contributed by atoms with E-state index in [9.17, 15) is 9.18 Å². The number of carbonyl (C=O) groups excluding carboxylic acids is 1. The Morgan fingerprint density at radius 2 is 2.13 bits per heavy atom. The van der Waals surface area contributed by atoms with E-state index in [1.165, 1.54) is 13.2 Å². The largest absolute Gasteiger partial charge is 0.493 e. The maximum Gasteiger partial charge on any atom is 0.344 e. The highest BCUT2D eigenvalue weighted by Crippen LogP contribution is 2.24. The van der Waals surface area contributed by atoms with E-state index in [0.29, 0.717) is 12.2 Å². The summed E-state index contributed by atoms with van der Waals surface area (Å²) in [6, 6.07) is 2.88. The fourth-order valence-electron chi connectivity index (χ4n) is 1.28. The molecule has 0 heterocycles. The summed E-state index contributed by atoms with van der Waals surface area (Å²) in [6.07, 6.45) is 0. The van der Waals surface area contributed by atoms with Gasteiger partial charge in [0.15, 0.2) is 0 Å². The van der Waals surface area contributed by atoms with Gasteiger partial charge in [-0.3, -0.25) is 0 Å². The third-order valence-electron chi connectivity index (χ3n) is 1.89. The molecule has 0 atom stereocenters. The molecule has 0 radical (unpaired) electrons. The van der Waals surface area contributed by atoms with Gasteiger partial charge in [0.2, 0.25) is 0 Å². The number of carbonyl (C=O) groups is 1. The molecule has 0 saturated carbocycles. The van der Waals surface area contributed by atoms with Gasteiger partial charge in [-0.25, -0.2) is 9.18 Å². The molecular formula is C11H13FO3. The Labute approximate surface area is 87.8 Å². The number of rotatable bonds is 3. The van der Waals surface area contributed by atoms with Gasteiger partial charge in [0.25, 0.3) is 0 Å². The summed E-state index contributed by atoms with van der Waals surface area (Å²) >= 11 is 0. The Balaban J connectivity index is 3.26. The average Bonchev–Trinajstić information content (AvgIpc) is 2.16. The molecule has 0 saturated heterocycles. The number of hydrogen-bond donors (Lipinski definition) is 0. The Bertz CT molecular complexity index is 374. The van der Waals surface area contributed by atoms with Crippen molar-refractivity contribution in [2.75, 3.05) is 13.7 Å². The van der Waals surface area contributed by atoms with Gasteiger partial charge in [0.1, 0.15) is 17.1 Å². The molecule has 0 unspecified atom stereocenters. The van der Waals surface area contributed by atoms with E-state index in [1.54, 1.807) is 19.9 Å². The summed E-state index contributed by atoms with van der Waals surface area (Å²) in [6.45, 7) is 3.86. The highest BCUT2D eigenvalue weighted by molar-refractivity contribution is 5.92. The Kier molecular flexibility index (Phi) is 3.66. The maximum atomic E-state index is 13.5. The number of aryl methyl sites for hydroxylation is 1. The molecule has 1 rings (SSSR count). The quantitative estimate of drug-likeness (QED) is 0.721. The van der Waals surface area contributed by atoms with Gasteiger partial charge in [-0.05, 0) is 31.5 Å². The van der Waals surface area contributed by atoms with E-state index in [4.69, 9.17) is 4.74 Å². The first-order valence-corrected chi connectivity index (χ1v) is 4.61. The molecule has 0 aliphatic carbocycles. The van der Waals surface area contributed by atoms with E-state index in [1.807, 2.05) is 0 Å². The van der Waals surface area contributed by atoms with Crippen LogP contribution in [0.3, 0.4) is 0 Å². The second-order valence-corrected chi connectivity index (χ2v) is 3.04. The lowest BCUT2D eigenvalue weighted by atomic mass is 10.1. The zero-order valence-electron chi connectivity index (χ0n) is 8.96. The summed E-state index contributed by atoms with van der Waals surface area (Å²) in [5, 5.41) is 0. The van der Waals surface area contributed by atoms with Crippen LogP contribution in [0.15, 0.2) is 12.1 Å². The van der Waals surface area contributed by atoms with Crippen LogP contribution < -0.4 is 4.74 Å². The molecule has 0 aliphatic heterocycles. The van der Waals surface area contributed by atoms with Gasteiger partial charge in [0.05, 0.1) is 13.7 Å². The van der Waals surface area contributed by atoms with Gasteiger partial charge in [-0.2, -0.15) is 0 Å². The van der Waals surface area contributed by atoms with Crippen molar-refractivity contribution in [3.63, 3.8) is 0 Å². The van der Waals surface area contributed by atoms with Gasteiger partial charge in [-0.15, -0.1) is 0 Å². The van der Waals surface area contributed by atoms with Gasteiger partial charge in [-0.1, -0.05) is 0 Å². The number of esters is 1. The number of hydrogen-bond acceptors (Lipinski definition) is 3. The van der Waals surface area contributed by atoms with Crippen molar-refractivity contribution in [3.05, 3.63) is 29.1 Å². The van der Waals surface area contributed by atoms with Crippen LogP contribution in [0.25, 0.3) is 0 Å². The van der Waals surface area contributed by atoms with Crippen LogP contribution in [0.1, 0.15) is 22.8 Å². The molecule has 1 aromatic rings. The zero-order valence-corrected chi connectivity index (χ0v) is 8.96. The predicted molar refractivity (Wildman–Crippen MR) is 53.6 cm³/mol. The fourth-order valence-corrected chi connectivity index (χ4v) is 1.28. The van der Waals surface area contributed by atoms with Crippen LogP contribution >= 0.6 is 0 Å². The minimum absolute atomic E-state index is 0.148. The topological polar surface area (TPSA) is 35.5 Å². The van der Waals surface area contributed by atoms with Gasteiger partial charge in [0, 0.05) is 0 Å². The van der Waals surface area contributed by atoms with Crippen LogP contribution in [0.4, 0.5) is 4.39 Å². The van der Waals surface area contributed by atoms with Crippen LogP contribution in [0.2, 0.25) is 0 Å². The van der Waals surface area contributed by atoms with E-state index < -0.39 is 11.8 Å². The zero-order chi connectivity index (χ0) is 11.4. The second kappa shape index (κ2) is 4.77. The molecule has 0 fully saturated rings. The first kappa shape index (κ1) is 11.5. The molecule has 1 aromatic carbocycles. The number of methoxy groups -OCH3 is 1. The number of ether oxygens (including phenoxy) is 2. The molecule has 3 nitrogen and oxygen atoms in total. The summed E-state index contributed by atoms with van der Waals surface area (Å²) in [5.74, 6) is -1.12. The van der Waals surface area contributed by atoms with E-state index in [-0.39, 0.29) is 11.3 Å². The SMILES string of the molecule is CCOc1cc(C)cc(F)c1C(=O)OC. The molecule has 0 spiro atoms. The highest BCUT2D eigenvalue weighted by atomic mass is 19.1. The molecule has 0 bridgehead atoms.